The zero-order valence-corrected chi connectivity index (χ0v) is 15.9. The van der Waals surface area contributed by atoms with Crippen molar-refractivity contribution in [2.75, 3.05) is 18.0 Å². The van der Waals surface area contributed by atoms with Gasteiger partial charge in [-0.05, 0) is 76.2 Å². The van der Waals surface area contributed by atoms with Crippen molar-refractivity contribution in [2.45, 2.75) is 68.9 Å². The van der Waals surface area contributed by atoms with E-state index in [1.54, 1.807) is 0 Å². The molecule has 24 heavy (non-hydrogen) atoms. The highest BCUT2D eigenvalue weighted by atomic mass is 79.9. The molecule has 0 atom stereocenters. The van der Waals surface area contributed by atoms with Gasteiger partial charge in [0, 0.05) is 21.7 Å². The van der Waals surface area contributed by atoms with Gasteiger partial charge in [-0.25, -0.2) is 0 Å². The Morgan fingerprint density at radius 3 is 2.50 bits per heavy atom. The molecule has 2 aliphatic heterocycles. The predicted octanol–water partition coefficient (Wildman–Crippen LogP) is 4.23. The van der Waals surface area contributed by atoms with Crippen LogP contribution in [0.3, 0.4) is 0 Å². The largest absolute Gasteiger partial charge is 0.308 e. The summed E-state index contributed by atoms with van der Waals surface area (Å²) in [5.74, 6) is 0.376. The van der Waals surface area contributed by atoms with Crippen LogP contribution in [0, 0.1) is 0 Å². The molecule has 0 bridgehead atoms. The molecule has 128 valence electrons. The molecular weight excluding hydrogens is 364 g/mol. The van der Waals surface area contributed by atoms with Crippen LogP contribution in [0.25, 0.3) is 0 Å². The number of amides is 1. The number of rotatable bonds is 2. The molecule has 3 fully saturated rings. The summed E-state index contributed by atoms with van der Waals surface area (Å²) in [6.45, 7) is 4.89. The molecule has 1 saturated heterocycles. The number of benzene rings is 1. The third kappa shape index (κ3) is 2.02. The monoisotopic (exact) mass is 388 g/mol. The quantitative estimate of drug-likeness (QED) is 0.756. The van der Waals surface area contributed by atoms with Crippen molar-refractivity contribution in [2.24, 2.45) is 0 Å². The summed E-state index contributed by atoms with van der Waals surface area (Å²) in [5, 5.41) is 0. The van der Waals surface area contributed by atoms with Crippen molar-refractivity contribution in [1.82, 2.24) is 4.90 Å². The predicted molar refractivity (Wildman–Crippen MR) is 99.4 cm³/mol. The fourth-order valence-corrected chi connectivity index (χ4v) is 5.71. The van der Waals surface area contributed by atoms with Gasteiger partial charge in [0.25, 0.3) is 0 Å². The third-order valence-electron chi connectivity index (χ3n) is 6.95. The van der Waals surface area contributed by atoms with E-state index in [0.29, 0.717) is 17.5 Å². The first-order valence-corrected chi connectivity index (χ1v) is 10.2. The van der Waals surface area contributed by atoms with E-state index in [-0.39, 0.29) is 5.41 Å². The highest BCUT2D eigenvalue weighted by Gasteiger charge is 2.62. The first kappa shape index (κ1) is 15.4. The highest BCUT2D eigenvalue weighted by molar-refractivity contribution is 9.10. The molecule has 2 aliphatic carbocycles. The van der Waals surface area contributed by atoms with Crippen LogP contribution < -0.4 is 4.90 Å². The first-order valence-electron chi connectivity index (χ1n) is 9.42. The minimum absolute atomic E-state index is 0.160. The highest BCUT2D eigenvalue weighted by Crippen LogP contribution is 2.60. The van der Waals surface area contributed by atoms with Crippen LogP contribution in [0.5, 0.6) is 0 Å². The van der Waals surface area contributed by atoms with Crippen LogP contribution in [0.15, 0.2) is 22.7 Å². The number of fused-ring (bicyclic) bond motifs is 2. The van der Waals surface area contributed by atoms with Crippen molar-refractivity contribution in [3.8, 4) is 0 Å². The van der Waals surface area contributed by atoms with E-state index in [0.717, 1.165) is 30.2 Å². The molecule has 3 nitrogen and oxygen atoms in total. The Kier molecular flexibility index (Phi) is 3.25. The first-order chi connectivity index (χ1) is 11.5. The second-order valence-electron chi connectivity index (χ2n) is 8.53. The molecule has 5 rings (SSSR count). The van der Waals surface area contributed by atoms with Gasteiger partial charge in [-0.2, -0.15) is 0 Å². The van der Waals surface area contributed by atoms with Crippen LogP contribution in [-0.2, 0) is 10.2 Å². The Labute approximate surface area is 152 Å². The second-order valence-corrected chi connectivity index (χ2v) is 9.44. The van der Waals surface area contributed by atoms with Crippen LogP contribution in [0.2, 0.25) is 0 Å². The van der Waals surface area contributed by atoms with Gasteiger partial charge in [0.2, 0.25) is 5.91 Å². The summed E-state index contributed by atoms with van der Waals surface area (Å²) in [5.41, 5.74) is 2.60. The van der Waals surface area contributed by atoms with Gasteiger partial charge >= 0.3 is 0 Å². The number of likely N-dealkylation sites (tertiary alicyclic amines) is 1. The van der Waals surface area contributed by atoms with Crippen LogP contribution >= 0.6 is 15.9 Å². The molecule has 4 heteroatoms. The lowest BCUT2D eigenvalue weighted by molar-refractivity contribution is -0.122. The maximum absolute atomic E-state index is 13.2. The van der Waals surface area contributed by atoms with Crippen molar-refractivity contribution >= 4 is 27.5 Å². The third-order valence-corrected chi connectivity index (χ3v) is 7.44. The van der Waals surface area contributed by atoms with Crippen molar-refractivity contribution in [1.29, 1.82) is 0 Å². The number of hydrogen-bond donors (Lipinski definition) is 0. The minimum Gasteiger partial charge on any atom is -0.308 e. The Balaban J connectivity index is 1.41. The summed E-state index contributed by atoms with van der Waals surface area (Å²) >= 11 is 3.60. The van der Waals surface area contributed by atoms with E-state index in [1.165, 1.54) is 43.6 Å². The fourth-order valence-electron chi connectivity index (χ4n) is 5.36. The number of nitrogens with zero attached hydrogens (tertiary/aromatic N) is 2. The number of hydrogen-bond acceptors (Lipinski definition) is 2. The van der Waals surface area contributed by atoms with Crippen molar-refractivity contribution in [3.05, 3.63) is 28.2 Å². The van der Waals surface area contributed by atoms with Gasteiger partial charge in [0.05, 0.1) is 5.41 Å². The van der Waals surface area contributed by atoms with Gasteiger partial charge in [-0.3, -0.25) is 9.69 Å². The molecule has 0 unspecified atom stereocenters. The van der Waals surface area contributed by atoms with Gasteiger partial charge < -0.3 is 4.90 Å². The van der Waals surface area contributed by atoms with E-state index >= 15 is 0 Å². The zero-order valence-electron chi connectivity index (χ0n) is 14.4. The zero-order chi connectivity index (χ0) is 16.5. The Bertz CT molecular complexity index is 700. The van der Waals surface area contributed by atoms with Gasteiger partial charge in [-0.1, -0.05) is 28.4 Å². The summed E-state index contributed by atoms with van der Waals surface area (Å²) in [6, 6.07) is 6.82. The van der Waals surface area contributed by atoms with E-state index in [4.69, 9.17) is 0 Å². The lowest BCUT2D eigenvalue weighted by atomic mass is 9.71. The molecule has 2 heterocycles. The molecular formula is C20H25BrN2O. The van der Waals surface area contributed by atoms with E-state index in [1.807, 2.05) is 0 Å². The standard InChI is InChI=1S/C20H25BrN2O/c1-19(22-9-3-2-4-10-22)12-15(13-19)23-17-11-14(21)5-6-16(17)20(7-8-20)18(23)24/h5-6,11,15H,2-4,7-10,12-13H2,1H3/t15-,19+. The summed E-state index contributed by atoms with van der Waals surface area (Å²) in [7, 11) is 0. The molecule has 2 saturated carbocycles. The summed E-state index contributed by atoms with van der Waals surface area (Å²) in [4.78, 5) is 18.0. The normalized spacial score (nSPS) is 34.3. The topological polar surface area (TPSA) is 23.6 Å². The average molecular weight is 389 g/mol. The van der Waals surface area contributed by atoms with Gasteiger partial charge in [0.1, 0.15) is 0 Å². The van der Waals surface area contributed by atoms with E-state index in [2.05, 4.69) is 50.9 Å². The van der Waals surface area contributed by atoms with Crippen LogP contribution in [0.1, 0.15) is 57.4 Å². The fraction of sp³-hybridized carbons (Fsp3) is 0.650. The number of piperidine rings is 1. The average Bonchev–Trinajstić information content (AvgIpc) is 3.31. The second kappa shape index (κ2) is 5.07. The molecule has 1 aromatic carbocycles. The molecule has 0 radical (unpaired) electrons. The molecule has 1 amide bonds. The molecule has 0 N–H and O–H groups in total. The van der Waals surface area contributed by atoms with Gasteiger partial charge in [-0.15, -0.1) is 0 Å². The Hall–Kier alpha value is -0.870. The molecule has 1 aromatic rings. The Morgan fingerprint density at radius 1 is 1.12 bits per heavy atom. The number of anilines is 1. The van der Waals surface area contributed by atoms with E-state index in [9.17, 15) is 4.79 Å². The lowest BCUT2D eigenvalue weighted by Gasteiger charge is -2.55. The molecule has 1 spiro atoms. The smallest absolute Gasteiger partial charge is 0.237 e. The number of carbonyl (C=O) groups excluding carboxylic acids is 1. The molecule has 4 aliphatic rings. The van der Waals surface area contributed by atoms with Crippen LogP contribution in [0.4, 0.5) is 5.69 Å². The maximum Gasteiger partial charge on any atom is 0.237 e. The van der Waals surface area contributed by atoms with Crippen molar-refractivity contribution in [3.63, 3.8) is 0 Å². The summed E-state index contributed by atoms with van der Waals surface area (Å²) < 4.78 is 1.08. The maximum atomic E-state index is 13.2. The van der Waals surface area contributed by atoms with Crippen molar-refractivity contribution < 1.29 is 4.79 Å². The molecule has 0 aromatic heterocycles. The SMILES string of the molecule is C[C@]1(N2CCCCC2)C[C@@H](N2C(=O)C3(CC3)c3ccc(Br)cc32)C1. The Morgan fingerprint density at radius 2 is 1.83 bits per heavy atom. The van der Waals surface area contributed by atoms with E-state index < -0.39 is 0 Å². The number of carbonyl (C=O) groups is 1. The lowest BCUT2D eigenvalue weighted by Crippen LogP contribution is -2.63. The number of halogens is 1. The van der Waals surface area contributed by atoms with Gasteiger partial charge in [0.15, 0.2) is 0 Å². The summed E-state index contributed by atoms with van der Waals surface area (Å²) in [6.07, 6.45) is 8.37. The van der Waals surface area contributed by atoms with Crippen LogP contribution in [-0.4, -0.2) is 35.5 Å². The minimum atomic E-state index is -0.160.